The van der Waals surface area contributed by atoms with Crippen molar-refractivity contribution < 1.29 is 49.8 Å². The Kier molecular flexibility index (Phi) is 8.13. The Morgan fingerprint density at radius 2 is 1.80 bits per heavy atom. The van der Waals surface area contributed by atoms with Gasteiger partial charge in [0.05, 0.1) is 12.0 Å². The average Bonchev–Trinajstić information content (AvgIpc) is 2.60. The van der Waals surface area contributed by atoms with Crippen molar-refractivity contribution in [1.29, 1.82) is 0 Å². The number of hydrogen-bond donors (Lipinski definition) is 0. The molecule has 1 aromatic carbocycles. The number of ether oxygens (including phenoxy) is 2. The van der Waals surface area contributed by atoms with Crippen molar-refractivity contribution >= 4 is 33.1 Å². The maximum atomic E-state index is 11.9. The maximum Gasteiger partial charge on any atom is 0.485 e. The summed E-state index contributed by atoms with van der Waals surface area (Å²) in [7, 11) is -1.07. The Hall–Kier alpha value is -2.93. The summed E-state index contributed by atoms with van der Waals surface area (Å²) in [6, 6.07) is 7.06. The number of pyridine rings is 1. The normalized spacial score (nSPS) is 11.3. The van der Waals surface area contributed by atoms with Gasteiger partial charge in [0, 0.05) is 14.1 Å². The number of esters is 1. The molecule has 0 saturated heterocycles. The van der Waals surface area contributed by atoms with E-state index in [9.17, 15) is 22.8 Å². The summed E-state index contributed by atoms with van der Waals surface area (Å²) in [6.07, 6.45) is 1.20. The van der Waals surface area contributed by atoms with Crippen LogP contribution in [0.2, 0.25) is 0 Å². The summed E-state index contributed by atoms with van der Waals surface area (Å²) in [5.41, 5.74) is -4.47. The Morgan fingerprint density at radius 1 is 1.23 bits per heavy atom. The zero-order valence-electron chi connectivity index (χ0n) is 16.4. The molecule has 0 bridgehead atoms. The number of para-hydroxylation sites is 1. The van der Waals surface area contributed by atoms with Gasteiger partial charge in [0.15, 0.2) is 16.3 Å². The summed E-state index contributed by atoms with van der Waals surface area (Å²) in [4.78, 5) is 25.0. The molecular formula is C17H19F3N2O7S. The molecule has 0 aliphatic rings. The second-order valence-corrected chi connectivity index (χ2v) is 7.29. The van der Waals surface area contributed by atoms with E-state index in [0.717, 1.165) is 10.9 Å². The molecule has 166 valence electrons. The van der Waals surface area contributed by atoms with Crippen LogP contribution >= 0.6 is 0 Å². The number of amides is 1. The molecular weight excluding hydrogens is 433 g/mol. The van der Waals surface area contributed by atoms with Crippen molar-refractivity contribution in [3.05, 3.63) is 36.0 Å². The number of hydrogen-bond acceptors (Lipinski definition) is 7. The summed E-state index contributed by atoms with van der Waals surface area (Å²) in [6.45, 7) is 2.08. The monoisotopic (exact) mass is 452 g/mol. The van der Waals surface area contributed by atoms with Crippen LogP contribution in [0.5, 0.6) is 5.75 Å². The van der Waals surface area contributed by atoms with Gasteiger partial charge in [-0.3, -0.25) is 0 Å². The minimum atomic E-state index is -6.09. The zero-order valence-corrected chi connectivity index (χ0v) is 17.2. The van der Waals surface area contributed by atoms with E-state index in [4.69, 9.17) is 22.4 Å². The van der Waals surface area contributed by atoms with Crippen molar-refractivity contribution in [3.8, 4) is 5.75 Å². The summed E-state index contributed by atoms with van der Waals surface area (Å²) in [5.74, 6) is 0.0600. The van der Waals surface area contributed by atoms with E-state index in [1.807, 2.05) is 6.07 Å². The highest BCUT2D eigenvalue weighted by Gasteiger charge is 2.36. The SMILES string of the molecule is CCOC(=O)c1cc2cccc(OC(=O)N(C)C)c2[n+](C)c1.O=S(=O)([O-])C(F)(F)F. The topological polar surface area (TPSA) is 117 Å². The van der Waals surface area contributed by atoms with Crippen LogP contribution in [0.4, 0.5) is 18.0 Å². The van der Waals surface area contributed by atoms with Gasteiger partial charge in [0.2, 0.25) is 5.75 Å². The fraction of sp³-hybridized carbons (Fsp3) is 0.353. The number of carbonyl (C=O) groups is 2. The van der Waals surface area contributed by atoms with E-state index in [-0.39, 0.29) is 5.97 Å². The number of aromatic nitrogens is 1. The Labute approximate surface area is 170 Å². The first-order chi connectivity index (χ1) is 13.7. The fourth-order valence-electron chi connectivity index (χ4n) is 2.10. The molecule has 9 nitrogen and oxygen atoms in total. The average molecular weight is 452 g/mol. The third kappa shape index (κ3) is 6.56. The van der Waals surface area contributed by atoms with Crippen molar-refractivity contribution in [3.63, 3.8) is 0 Å². The van der Waals surface area contributed by atoms with Gasteiger partial charge in [0.1, 0.15) is 12.6 Å². The van der Waals surface area contributed by atoms with Crippen LogP contribution in [0.1, 0.15) is 17.3 Å². The summed E-state index contributed by atoms with van der Waals surface area (Å²) >= 11 is 0. The lowest BCUT2D eigenvalue weighted by Gasteiger charge is -2.11. The Morgan fingerprint density at radius 3 is 2.27 bits per heavy atom. The van der Waals surface area contributed by atoms with E-state index < -0.39 is 21.7 Å². The molecule has 2 rings (SSSR count). The molecule has 2 aromatic rings. The third-order valence-electron chi connectivity index (χ3n) is 3.38. The van der Waals surface area contributed by atoms with E-state index in [2.05, 4.69) is 0 Å². The third-order valence-corrected chi connectivity index (χ3v) is 3.95. The smallest absolute Gasteiger partial charge is 0.485 e. The van der Waals surface area contributed by atoms with Crippen molar-refractivity contribution in [2.45, 2.75) is 12.4 Å². The van der Waals surface area contributed by atoms with Crippen LogP contribution in [-0.2, 0) is 21.9 Å². The molecule has 1 aromatic heterocycles. The number of carbonyl (C=O) groups excluding carboxylic acids is 2. The highest BCUT2D eigenvalue weighted by molar-refractivity contribution is 7.86. The molecule has 0 aliphatic carbocycles. The van der Waals surface area contributed by atoms with Crippen molar-refractivity contribution in [2.75, 3.05) is 20.7 Å². The predicted octanol–water partition coefficient (Wildman–Crippen LogP) is 1.95. The van der Waals surface area contributed by atoms with Gasteiger partial charge in [0.25, 0.3) is 5.52 Å². The van der Waals surface area contributed by atoms with Gasteiger partial charge in [-0.15, -0.1) is 0 Å². The number of aryl methyl sites for hydroxylation is 1. The maximum absolute atomic E-state index is 11.9. The fourth-order valence-corrected chi connectivity index (χ4v) is 2.10. The second kappa shape index (κ2) is 9.71. The molecule has 0 atom stereocenters. The summed E-state index contributed by atoms with van der Waals surface area (Å²) < 4.78 is 71.0. The van der Waals surface area contributed by atoms with Crippen LogP contribution in [0.25, 0.3) is 10.9 Å². The molecule has 30 heavy (non-hydrogen) atoms. The largest absolute Gasteiger partial charge is 0.741 e. The Balaban J connectivity index is 0.000000479. The molecule has 0 radical (unpaired) electrons. The molecule has 0 fully saturated rings. The first-order valence-corrected chi connectivity index (χ1v) is 9.60. The number of alkyl halides is 3. The standard InChI is InChI=1S/C16H19N2O4.CHF3O3S/c1-5-21-15(19)12-9-11-7-6-8-13(14(11)18(4)10-12)22-16(20)17(2)3;2-1(3,4)8(5,6)7/h6-10H,5H2,1-4H3;(H,5,6,7)/q+1;/p-1. The second-order valence-electron chi connectivity index (χ2n) is 5.92. The number of rotatable bonds is 3. The minimum absolute atomic E-state index is 0.321. The van der Waals surface area contributed by atoms with Gasteiger partial charge in [-0.05, 0) is 25.1 Å². The molecule has 1 heterocycles. The molecule has 1 amide bonds. The molecule has 0 unspecified atom stereocenters. The van der Waals surface area contributed by atoms with E-state index in [1.54, 1.807) is 57.0 Å². The first kappa shape index (κ1) is 25.1. The highest BCUT2D eigenvalue weighted by Crippen LogP contribution is 2.24. The van der Waals surface area contributed by atoms with E-state index >= 15 is 0 Å². The van der Waals surface area contributed by atoms with Crippen molar-refractivity contribution in [2.24, 2.45) is 7.05 Å². The number of fused-ring (bicyclic) bond motifs is 1. The number of halogens is 3. The van der Waals surface area contributed by atoms with Crippen molar-refractivity contribution in [1.82, 2.24) is 4.90 Å². The van der Waals surface area contributed by atoms with Crippen LogP contribution in [0.3, 0.4) is 0 Å². The zero-order chi connectivity index (χ0) is 23.3. The predicted molar refractivity (Wildman–Crippen MR) is 96.5 cm³/mol. The lowest BCUT2D eigenvalue weighted by molar-refractivity contribution is -0.645. The van der Waals surface area contributed by atoms with E-state index in [1.165, 1.54) is 4.90 Å². The first-order valence-electron chi connectivity index (χ1n) is 8.19. The van der Waals surface area contributed by atoms with Gasteiger partial charge in [-0.25, -0.2) is 18.0 Å². The Bertz CT molecular complexity index is 1040. The lowest BCUT2D eigenvalue weighted by atomic mass is 10.1. The van der Waals surface area contributed by atoms with Gasteiger partial charge < -0.3 is 18.9 Å². The van der Waals surface area contributed by atoms with Gasteiger partial charge in [-0.1, -0.05) is 6.07 Å². The van der Waals surface area contributed by atoms with Crippen LogP contribution in [0.15, 0.2) is 30.5 Å². The number of benzene rings is 1. The quantitative estimate of drug-likeness (QED) is 0.302. The van der Waals surface area contributed by atoms with E-state index in [0.29, 0.717) is 17.9 Å². The molecule has 0 spiro atoms. The lowest BCUT2D eigenvalue weighted by Crippen LogP contribution is -2.32. The molecule has 0 saturated carbocycles. The number of nitrogens with zero attached hydrogens (tertiary/aromatic N) is 2. The van der Waals surface area contributed by atoms with Crippen LogP contribution < -0.4 is 9.30 Å². The molecule has 0 aliphatic heterocycles. The van der Waals surface area contributed by atoms with Crippen LogP contribution in [-0.4, -0.2) is 56.1 Å². The highest BCUT2D eigenvalue weighted by atomic mass is 32.2. The van der Waals surface area contributed by atoms with Gasteiger partial charge >= 0.3 is 17.6 Å². The van der Waals surface area contributed by atoms with Crippen LogP contribution in [0, 0.1) is 0 Å². The van der Waals surface area contributed by atoms with Gasteiger partial charge in [-0.2, -0.15) is 17.7 Å². The molecule has 0 N–H and O–H groups in total. The summed E-state index contributed by atoms with van der Waals surface area (Å²) in [5, 5.41) is 0.789. The minimum Gasteiger partial charge on any atom is -0.741 e. The molecule has 13 heteroatoms.